The van der Waals surface area contributed by atoms with Crippen molar-refractivity contribution < 1.29 is 23.2 Å². The van der Waals surface area contributed by atoms with Gasteiger partial charge in [0.05, 0.1) is 17.8 Å². The number of amides is 3. The number of pyridine rings is 1. The SMILES string of the molecule is Cc1ccc(C#N)c(-c2ccc(C(=O)CN3C(=O)NC4(CCC(F)(F)CC4)C3=O)cc2)n1. The highest BCUT2D eigenvalue weighted by molar-refractivity contribution is 6.11. The fourth-order valence-corrected chi connectivity index (χ4v) is 4.12. The number of urea groups is 1. The fraction of sp³-hybridized carbons (Fsp3) is 0.348. The third-order valence-electron chi connectivity index (χ3n) is 6.02. The summed E-state index contributed by atoms with van der Waals surface area (Å²) in [4.78, 5) is 43.1. The second-order valence-electron chi connectivity index (χ2n) is 8.22. The van der Waals surface area contributed by atoms with Crippen molar-refractivity contribution in [3.05, 3.63) is 53.2 Å². The maximum atomic E-state index is 13.5. The van der Waals surface area contributed by atoms with E-state index < -0.39 is 48.6 Å². The van der Waals surface area contributed by atoms with Gasteiger partial charge in [0.1, 0.15) is 11.6 Å². The number of imide groups is 1. The number of aryl methyl sites for hydroxylation is 1. The Morgan fingerprint density at radius 2 is 1.78 bits per heavy atom. The molecule has 1 aromatic carbocycles. The summed E-state index contributed by atoms with van der Waals surface area (Å²) in [5.41, 5.74) is 1.21. The van der Waals surface area contributed by atoms with Gasteiger partial charge in [-0.3, -0.25) is 19.5 Å². The van der Waals surface area contributed by atoms with Crippen LogP contribution in [0.25, 0.3) is 11.3 Å². The predicted molar refractivity (Wildman–Crippen MR) is 110 cm³/mol. The van der Waals surface area contributed by atoms with Crippen LogP contribution in [0.5, 0.6) is 0 Å². The molecule has 4 rings (SSSR count). The predicted octanol–water partition coefficient (Wildman–Crippen LogP) is 3.61. The molecule has 1 aliphatic carbocycles. The maximum Gasteiger partial charge on any atom is 0.325 e. The summed E-state index contributed by atoms with van der Waals surface area (Å²) >= 11 is 0. The molecule has 3 amide bonds. The standard InChI is InChI=1S/C23H20F2N4O3/c1-14-2-3-17(12-26)19(27-14)16-6-4-15(5-7-16)18(30)13-29-20(31)22(28-21(29)32)8-10-23(24,25)11-9-22/h2-7H,8-11,13H2,1H3,(H,28,32). The Balaban J connectivity index is 1.49. The number of nitriles is 1. The minimum absolute atomic E-state index is 0.158. The van der Waals surface area contributed by atoms with E-state index in [-0.39, 0.29) is 18.4 Å². The minimum atomic E-state index is -2.85. The Bertz CT molecular complexity index is 1140. The average Bonchev–Trinajstić information content (AvgIpc) is 3.00. The lowest BCUT2D eigenvalue weighted by molar-refractivity contribution is -0.135. The van der Waals surface area contributed by atoms with E-state index in [9.17, 15) is 28.4 Å². The Hall–Kier alpha value is -3.67. The van der Waals surface area contributed by atoms with Crippen LogP contribution in [-0.4, -0.2) is 45.6 Å². The van der Waals surface area contributed by atoms with Gasteiger partial charge in [0, 0.05) is 29.7 Å². The average molecular weight is 438 g/mol. The number of carbonyl (C=O) groups excluding carboxylic acids is 3. The number of hydrogen-bond acceptors (Lipinski definition) is 5. The molecular formula is C23H20F2N4O3. The van der Waals surface area contributed by atoms with Crippen LogP contribution in [0.3, 0.4) is 0 Å². The number of halogens is 2. The molecule has 9 heteroatoms. The highest BCUT2D eigenvalue weighted by atomic mass is 19.3. The minimum Gasteiger partial charge on any atom is -0.323 e. The van der Waals surface area contributed by atoms with E-state index in [1.807, 2.05) is 0 Å². The number of benzene rings is 1. The quantitative estimate of drug-likeness (QED) is 0.580. The van der Waals surface area contributed by atoms with Crippen LogP contribution in [0.15, 0.2) is 36.4 Å². The van der Waals surface area contributed by atoms with Crippen LogP contribution in [0.1, 0.15) is 47.3 Å². The number of alkyl halides is 2. The number of nitrogens with zero attached hydrogens (tertiary/aromatic N) is 3. The summed E-state index contributed by atoms with van der Waals surface area (Å²) in [5.74, 6) is -3.94. The van der Waals surface area contributed by atoms with Crippen molar-refractivity contribution in [2.75, 3.05) is 6.54 Å². The molecule has 2 aromatic rings. The molecule has 1 saturated heterocycles. The summed E-state index contributed by atoms with van der Waals surface area (Å²) in [6, 6.07) is 11.1. The second kappa shape index (κ2) is 7.79. The van der Waals surface area contributed by atoms with Crippen molar-refractivity contribution in [1.82, 2.24) is 15.2 Å². The van der Waals surface area contributed by atoms with Gasteiger partial charge in [0.25, 0.3) is 5.91 Å². The lowest BCUT2D eigenvalue weighted by atomic mass is 9.80. The van der Waals surface area contributed by atoms with Crippen molar-refractivity contribution >= 4 is 17.7 Å². The van der Waals surface area contributed by atoms with Crippen molar-refractivity contribution in [1.29, 1.82) is 5.26 Å². The second-order valence-corrected chi connectivity index (χ2v) is 8.22. The number of ketones is 1. The van der Waals surface area contributed by atoms with Crippen LogP contribution in [0.2, 0.25) is 0 Å². The Morgan fingerprint density at radius 1 is 1.12 bits per heavy atom. The molecule has 1 aliphatic heterocycles. The molecular weight excluding hydrogens is 418 g/mol. The molecule has 0 atom stereocenters. The van der Waals surface area contributed by atoms with E-state index in [4.69, 9.17) is 0 Å². The van der Waals surface area contributed by atoms with E-state index >= 15 is 0 Å². The fourth-order valence-electron chi connectivity index (χ4n) is 4.12. The number of rotatable bonds is 4. The van der Waals surface area contributed by atoms with Crippen molar-refractivity contribution in [3.8, 4) is 17.3 Å². The van der Waals surface area contributed by atoms with Gasteiger partial charge in [0.2, 0.25) is 5.92 Å². The van der Waals surface area contributed by atoms with Gasteiger partial charge in [-0.15, -0.1) is 0 Å². The van der Waals surface area contributed by atoms with Gasteiger partial charge >= 0.3 is 6.03 Å². The number of carbonyl (C=O) groups is 3. The normalized spacial score (nSPS) is 19.0. The van der Waals surface area contributed by atoms with Crippen molar-refractivity contribution in [2.45, 2.75) is 44.1 Å². The highest BCUT2D eigenvalue weighted by Gasteiger charge is 2.55. The van der Waals surface area contributed by atoms with E-state index in [0.29, 0.717) is 16.8 Å². The summed E-state index contributed by atoms with van der Waals surface area (Å²) in [5, 5.41) is 11.8. The van der Waals surface area contributed by atoms with Gasteiger partial charge in [0.15, 0.2) is 5.78 Å². The monoisotopic (exact) mass is 438 g/mol. The first-order valence-corrected chi connectivity index (χ1v) is 10.2. The Labute approximate surface area is 183 Å². The van der Waals surface area contributed by atoms with E-state index in [1.165, 1.54) is 12.1 Å². The first kappa shape index (κ1) is 21.6. The largest absolute Gasteiger partial charge is 0.325 e. The zero-order chi connectivity index (χ0) is 23.1. The lowest BCUT2D eigenvalue weighted by Gasteiger charge is -2.34. The molecule has 0 unspecified atom stereocenters. The number of aromatic nitrogens is 1. The van der Waals surface area contributed by atoms with Gasteiger partial charge in [-0.2, -0.15) is 5.26 Å². The molecule has 1 saturated carbocycles. The van der Waals surface area contributed by atoms with E-state index in [2.05, 4.69) is 16.4 Å². The molecule has 0 radical (unpaired) electrons. The van der Waals surface area contributed by atoms with Crippen LogP contribution in [-0.2, 0) is 4.79 Å². The third-order valence-corrected chi connectivity index (χ3v) is 6.02. The first-order chi connectivity index (χ1) is 15.1. The Kier molecular flexibility index (Phi) is 5.25. The van der Waals surface area contributed by atoms with Crippen molar-refractivity contribution in [3.63, 3.8) is 0 Å². The molecule has 1 aromatic heterocycles. The Morgan fingerprint density at radius 3 is 2.41 bits per heavy atom. The van der Waals surface area contributed by atoms with Crippen LogP contribution in [0.4, 0.5) is 13.6 Å². The van der Waals surface area contributed by atoms with E-state index in [1.54, 1.807) is 31.2 Å². The number of Topliss-reactive ketones (excluding diaryl/α,β-unsaturated/α-hetero) is 1. The summed E-state index contributed by atoms with van der Waals surface area (Å²) in [6.45, 7) is 1.33. The van der Waals surface area contributed by atoms with Gasteiger partial charge < -0.3 is 5.32 Å². The van der Waals surface area contributed by atoms with Crippen molar-refractivity contribution in [2.24, 2.45) is 0 Å². The number of nitrogens with one attached hydrogen (secondary N) is 1. The first-order valence-electron chi connectivity index (χ1n) is 10.2. The summed E-state index contributed by atoms with van der Waals surface area (Å²) in [6.07, 6.45) is -1.29. The van der Waals surface area contributed by atoms with Gasteiger partial charge in [-0.1, -0.05) is 24.3 Å². The summed E-state index contributed by atoms with van der Waals surface area (Å²) in [7, 11) is 0. The highest BCUT2D eigenvalue weighted by Crippen LogP contribution is 2.41. The van der Waals surface area contributed by atoms with E-state index in [0.717, 1.165) is 10.6 Å². The molecule has 1 N–H and O–H groups in total. The molecule has 2 aliphatic rings. The molecule has 32 heavy (non-hydrogen) atoms. The van der Waals surface area contributed by atoms with Gasteiger partial charge in [-0.05, 0) is 31.9 Å². The molecule has 2 fully saturated rings. The zero-order valence-electron chi connectivity index (χ0n) is 17.3. The molecule has 164 valence electrons. The van der Waals surface area contributed by atoms with Crippen LogP contribution < -0.4 is 5.32 Å². The molecule has 7 nitrogen and oxygen atoms in total. The van der Waals surface area contributed by atoms with Crippen LogP contribution in [0, 0.1) is 18.3 Å². The molecule has 0 bridgehead atoms. The van der Waals surface area contributed by atoms with Crippen LogP contribution >= 0.6 is 0 Å². The molecule has 1 spiro atoms. The number of hydrogen-bond donors (Lipinski definition) is 1. The smallest absolute Gasteiger partial charge is 0.323 e. The lowest BCUT2D eigenvalue weighted by Crippen LogP contribution is -2.51. The maximum absolute atomic E-state index is 13.5. The molecule has 2 heterocycles. The zero-order valence-corrected chi connectivity index (χ0v) is 17.3. The topological polar surface area (TPSA) is 103 Å². The van der Waals surface area contributed by atoms with Gasteiger partial charge in [-0.25, -0.2) is 13.6 Å². The summed E-state index contributed by atoms with van der Waals surface area (Å²) < 4.78 is 27.0. The third kappa shape index (κ3) is 3.84.